The Hall–Kier alpha value is -3.92. The lowest BCUT2D eigenvalue weighted by Crippen LogP contribution is -2.51. The van der Waals surface area contributed by atoms with E-state index in [0.717, 1.165) is 0 Å². The Bertz CT molecular complexity index is 1000. The maximum absolute atomic E-state index is 11.1. The summed E-state index contributed by atoms with van der Waals surface area (Å²) in [6.07, 6.45) is 6.10. The summed E-state index contributed by atoms with van der Waals surface area (Å²) in [6.45, 7) is 8.12. The lowest BCUT2D eigenvalue weighted by Gasteiger charge is -2.29. The number of imidazole rings is 2. The van der Waals surface area contributed by atoms with E-state index in [2.05, 4.69) is 30.9 Å². The first kappa shape index (κ1) is 27.3. The SMILES string of the molecule is CC(C)(NCCCNC(C)(C)C(Cn1ccnc1[N+](=O)[O-])=NO)C(Cn1ccnc1[N+](=O)[O-])=NO. The van der Waals surface area contributed by atoms with Crippen LogP contribution in [0.25, 0.3) is 0 Å². The van der Waals surface area contributed by atoms with E-state index in [1.807, 2.05) is 0 Å². The molecule has 0 fully saturated rings. The van der Waals surface area contributed by atoms with Crippen LogP contribution in [0.1, 0.15) is 34.1 Å². The number of nitro groups is 2. The summed E-state index contributed by atoms with van der Waals surface area (Å²) < 4.78 is 2.56. The number of nitrogens with one attached hydrogen (secondary N) is 2. The van der Waals surface area contributed by atoms with Gasteiger partial charge >= 0.3 is 11.9 Å². The number of aromatic nitrogens is 4. The molecular formula is C19H30N10O6. The molecule has 0 saturated carbocycles. The fourth-order valence-corrected chi connectivity index (χ4v) is 3.32. The highest BCUT2D eigenvalue weighted by Gasteiger charge is 2.30. The van der Waals surface area contributed by atoms with E-state index in [1.165, 1.54) is 33.9 Å². The Morgan fingerprint density at radius 2 is 1.26 bits per heavy atom. The van der Waals surface area contributed by atoms with E-state index in [1.54, 1.807) is 27.7 Å². The molecule has 0 bridgehead atoms. The number of rotatable bonds is 14. The Kier molecular flexibility index (Phi) is 8.96. The molecule has 35 heavy (non-hydrogen) atoms. The number of oxime groups is 2. The molecule has 0 saturated heterocycles. The fourth-order valence-electron chi connectivity index (χ4n) is 3.32. The molecule has 2 aromatic heterocycles. The molecule has 0 spiro atoms. The summed E-state index contributed by atoms with van der Waals surface area (Å²) >= 11 is 0. The minimum absolute atomic E-state index is 0.0190. The van der Waals surface area contributed by atoms with Gasteiger partial charge in [0.1, 0.15) is 49.3 Å². The van der Waals surface area contributed by atoms with Crippen molar-refractivity contribution in [3.05, 3.63) is 45.0 Å². The molecule has 192 valence electrons. The van der Waals surface area contributed by atoms with Crippen molar-refractivity contribution in [3.63, 3.8) is 0 Å². The van der Waals surface area contributed by atoms with Crippen LogP contribution in [-0.2, 0) is 13.1 Å². The Morgan fingerprint density at radius 1 is 0.886 bits per heavy atom. The highest BCUT2D eigenvalue weighted by molar-refractivity contribution is 5.93. The maximum atomic E-state index is 11.1. The highest BCUT2D eigenvalue weighted by atomic mass is 16.6. The van der Waals surface area contributed by atoms with Crippen molar-refractivity contribution >= 4 is 23.3 Å². The van der Waals surface area contributed by atoms with Gasteiger partial charge in [0.05, 0.1) is 11.1 Å². The summed E-state index contributed by atoms with van der Waals surface area (Å²) in [5, 5.41) is 54.3. The Balaban J connectivity index is 1.89. The van der Waals surface area contributed by atoms with Crippen molar-refractivity contribution in [3.8, 4) is 0 Å². The highest BCUT2D eigenvalue weighted by Crippen LogP contribution is 2.15. The minimum atomic E-state index is -0.777. The predicted molar refractivity (Wildman–Crippen MR) is 125 cm³/mol. The van der Waals surface area contributed by atoms with Crippen molar-refractivity contribution < 1.29 is 20.3 Å². The first-order chi connectivity index (χ1) is 16.4. The molecule has 2 aromatic rings. The van der Waals surface area contributed by atoms with Crippen LogP contribution in [0.15, 0.2) is 35.1 Å². The summed E-state index contributed by atoms with van der Waals surface area (Å²) in [5.41, 5.74) is -0.993. The van der Waals surface area contributed by atoms with Crippen molar-refractivity contribution in [2.24, 2.45) is 10.3 Å². The van der Waals surface area contributed by atoms with Gasteiger partial charge in [-0.25, -0.2) is 9.13 Å². The molecule has 0 atom stereocenters. The molecule has 0 unspecified atom stereocenters. The summed E-state index contributed by atoms with van der Waals surface area (Å²) in [6, 6.07) is 0. The quantitative estimate of drug-likeness (QED) is 0.0973. The van der Waals surface area contributed by atoms with Crippen LogP contribution in [0, 0.1) is 20.2 Å². The van der Waals surface area contributed by atoms with Crippen molar-refractivity contribution in [2.75, 3.05) is 13.1 Å². The van der Waals surface area contributed by atoms with Gasteiger partial charge in [0.25, 0.3) is 0 Å². The topological polar surface area (TPSA) is 211 Å². The molecule has 0 aliphatic rings. The molecule has 4 N–H and O–H groups in total. The van der Waals surface area contributed by atoms with Crippen LogP contribution in [0.4, 0.5) is 11.9 Å². The van der Waals surface area contributed by atoms with Gasteiger partial charge in [-0.1, -0.05) is 20.3 Å². The molecule has 2 rings (SSSR count). The second kappa shape index (κ2) is 11.5. The largest absolute Gasteiger partial charge is 0.434 e. The maximum Gasteiger partial charge on any atom is 0.434 e. The molecule has 0 amide bonds. The molecule has 0 radical (unpaired) electrons. The summed E-state index contributed by atoms with van der Waals surface area (Å²) in [4.78, 5) is 28.3. The van der Waals surface area contributed by atoms with Gasteiger partial charge in [0.2, 0.25) is 0 Å². The van der Waals surface area contributed by atoms with Crippen LogP contribution in [0.3, 0.4) is 0 Å². The molecule has 0 aliphatic carbocycles. The third kappa shape index (κ3) is 7.03. The smallest absolute Gasteiger partial charge is 0.411 e. The third-order valence-electron chi connectivity index (χ3n) is 5.53. The average molecular weight is 495 g/mol. The average Bonchev–Trinajstić information content (AvgIpc) is 3.44. The molecule has 0 aromatic carbocycles. The molecule has 2 heterocycles. The zero-order valence-corrected chi connectivity index (χ0v) is 20.0. The van der Waals surface area contributed by atoms with Crippen LogP contribution < -0.4 is 10.6 Å². The first-order valence-electron chi connectivity index (χ1n) is 10.7. The van der Waals surface area contributed by atoms with Gasteiger partial charge in [-0.2, -0.15) is 0 Å². The molecular weight excluding hydrogens is 464 g/mol. The Morgan fingerprint density at radius 3 is 1.57 bits per heavy atom. The van der Waals surface area contributed by atoms with Gasteiger partial charge in [-0.05, 0) is 57.1 Å². The van der Waals surface area contributed by atoms with Gasteiger partial charge in [-0.3, -0.25) is 0 Å². The van der Waals surface area contributed by atoms with E-state index in [4.69, 9.17) is 0 Å². The second-order valence-electron chi connectivity index (χ2n) is 8.78. The molecule has 16 nitrogen and oxygen atoms in total. The number of hydrogen-bond acceptors (Lipinski definition) is 12. The van der Waals surface area contributed by atoms with E-state index >= 15 is 0 Å². The lowest BCUT2D eigenvalue weighted by atomic mass is 9.97. The third-order valence-corrected chi connectivity index (χ3v) is 5.53. The van der Waals surface area contributed by atoms with Gasteiger partial charge in [0, 0.05) is 0 Å². The fraction of sp³-hybridized carbons (Fsp3) is 0.579. The van der Waals surface area contributed by atoms with Gasteiger partial charge in [-0.15, -0.1) is 0 Å². The van der Waals surface area contributed by atoms with Gasteiger partial charge < -0.3 is 41.3 Å². The summed E-state index contributed by atoms with van der Waals surface area (Å²) in [5.74, 6) is -0.702. The minimum Gasteiger partial charge on any atom is -0.411 e. The molecule has 0 aliphatic heterocycles. The van der Waals surface area contributed by atoms with Crippen LogP contribution in [0.2, 0.25) is 0 Å². The van der Waals surface area contributed by atoms with E-state index in [0.29, 0.717) is 19.5 Å². The summed E-state index contributed by atoms with van der Waals surface area (Å²) in [7, 11) is 0. The first-order valence-corrected chi connectivity index (χ1v) is 10.7. The van der Waals surface area contributed by atoms with E-state index in [9.17, 15) is 30.6 Å². The van der Waals surface area contributed by atoms with E-state index < -0.39 is 20.9 Å². The van der Waals surface area contributed by atoms with Crippen molar-refractivity contribution in [2.45, 2.75) is 58.3 Å². The normalized spacial score (nSPS) is 13.3. The van der Waals surface area contributed by atoms with Crippen molar-refractivity contribution in [1.82, 2.24) is 29.7 Å². The van der Waals surface area contributed by atoms with Gasteiger partial charge in [0.15, 0.2) is 0 Å². The van der Waals surface area contributed by atoms with Crippen LogP contribution in [0.5, 0.6) is 0 Å². The predicted octanol–water partition coefficient (Wildman–Crippen LogP) is 1.38. The van der Waals surface area contributed by atoms with E-state index in [-0.39, 0.29) is 36.4 Å². The number of hydrogen-bond donors (Lipinski definition) is 4. The zero-order chi connectivity index (χ0) is 26.2. The standard InChI is InChI=1S/C19H30N10O6/c1-18(2,14(24-30)12-26-10-8-20-16(26)28(32)33)22-6-5-7-23-19(3,4)15(25-31)13-27-11-9-21-17(27)29(34)35/h8-11,22-23,30-31H,5-7,12-13H2,1-4H3. The second-order valence-corrected chi connectivity index (χ2v) is 8.78. The number of nitrogens with zero attached hydrogens (tertiary/aromatic N) is 8. The van der Waals surface area contributed by atoms with Crippen molar-refractivity contribution in [1.29, 1.82) is 0 Å². The molecule has 16 heteroatoms. The monoisotopic (exact) mass is 494 g/mol. The zero-order valence-electron chi connectivity index (χ0n) is 20.0. The lowest BCUT2D eigenvalue weighted by molar-refractivity contribution is -0.396. The van der Waals surface area contributed by atoms with Crippen LogP contribution in [-0.4, -0.2) is 75.0 Å². The van der Waals surface area contributed by atoms with Crippen LogP contribution >= 0.6 is 0 Å². The Labute approximate surface area is 200 Å².